The molecule has 0 spiro atoms. The van der Waals surface area contributed by atoms with Crippen molar-refractivity contribution in [1.82, 2.24) is 0 Å². The average Bonchev–Trinajstić information content (AvgIpc) is 2.03. The molecule has 1 aromatic heterocycles. The molecule has 0 fully saturated rings. The average molecular weight is 202 g/mol. The summed E-state index contributed by atoms with van der Waals surface area (Å²) in [6.45, 7) is 2.69. The lowest BCUT2D eigenvalue weighted by Gasteiger charge is -1.94. The molecule has 0 aromatic carbocycles. The lowest BCUT2D eigenvalue weighted by molar-refractivity contribution is -0.695. The molecule has 0 aliphatic heterocycles. The Labute approximate surface area is 84.0 Å². The van der Waals surface area contributed by atoms with Crippen LogP contribution < -0.4 is 10.3 Å². The minimum absolute atomic E-state index is 0. The molecule has 0 saturated carbocycles. The van der Waals surface area contributed by atoms with Gasteiger partial charge < -0.3 is 5.73 Å². The maximum Gasteiger partial charge on any atom is 0.223 e. The molecule has 0 aliphatic rings. The first-order valence-electron chi connectivity index (χ1n) is 3.92. The van der Waals surface area contributed by atoms with Gasteiger partial charge >= 0.3 is 0 Å². The Balaban J connectivity index is 0.00000144. The first-order valence-corrected chi connectivity index (χ1v) is 3.92. The highest BCUT2D eigenvalue weighted by molar-refractivity contribution is 5.85. The third-order valence-electron chi connectivity index (χ3n) is 1.67. The van der Waals surface area contributed by atoms with Crippen LogP contribution in [0, 0.1) is 6.92 Å². The third-order valence-corrected chi connectivity index (χ3v) is 1.67. The largest absolute Gasteiger partial charge is 0.369 e. The number of halogens is 1. The van der Waals surface area contributed by atoms with Crippen molar-refractivity contribution in [3.05, 3.63) is 30.1 Å². The molecule has 72 valence electrons. The SMILES string of the molecule is Cc1cc[n+](CCC(N)=O)cc1.Cl. The fourth-order valence-electron chi connectivity index (χ4n) is 0.920. The van der Waals surface area contributed by atoms with Crippen LogP contribution in [-0.2, 0) is 11.3 Å². The van der Waals surface area contributed by atoms with E-state index in [4.69, 9.17) is 5.73 Å². The number of amides is 1. The van der Waals surface area contributed by atoms with Gasteiger partial charge in [0, 0.05) is 12.1 Å². The molecule has 13 heavy (non-hydrogen) atoms. The molecule has 2 N–H and O–H groups in total. The summed E-state index contributed by atoms with van der Waals surface area (Å²) in [7, 11) is 0. The van der Waals surface area contributed by atoms with E-state index < -0.39 is 0 Å². The van der Waals surface area contributed by atoms with Crippen molar-refractivity contribution in [3.63, 3.8) is 0 Å². The number of aromatic nitrogens is 1. The normalized spacial score (nSPS) is 9.00. The zero-order valence-electron chi connectivity index (χ0n) is 7.56. The maximum absolute atomic E-state index is 10.4. The van der Waals surface area contributed by atoms with E-state index >= 15 is 0 Å². The zero-order chi connectivity index (χ0) is 8.97. The van der Waals surface area contributed by atoms with Gasteiger partial charge in [-0.2, -0.15) is 0 Å². The summed E-state index contributed by atoms with van der Waals surface area (Å²) in [5.74, 6) is -0.261. The molecule has 1 heterocycles. The van der Waals surface area contributed by atoms with Crippen molar-refractivity contribution in [2.75, 3.05) is 0 Å². The molecule has 0 unspecified atom stereocenters. The van der Waals surface area contributed by atoms with Gasteiger partial charge in [0.2, 0.25) is 5.91 Å². The van der Waals surface area contributed by atoms with Gasteiger partial charge in [0.05, 0.1) is 6.42 Å². The third kappa shape index (κ3) is 4.48. The summed E-state index contributed by atoms with van der Waals surface area (Å²) in [6.07, 6.45) is 4.28. The van der Waals surface area contributed by atoms with Crippen LogP contribution in [0.25, 0.3) is 0 Å². The van der Waals surface area contributed by atoms with E-state index in [9.17, 15) is 4.79 Å². The summed E-state index contributed by atoms with van der Waals surface area (Å²) in [6, 6.07) is 4.00. The first kappa shape index (κ1) is 11.9. The van der Waals surface area contributed by atoms with Crippen LogP contribution in [0.2, 0.25) is 0 Å². The van der Waals surface area contributed by atoms with E-state index in [0.29, 0.717) is 13.0 Å². The van der Waals surface area contributed by atoms with Gasteiger partial charge in [-0.25, -0.2) is 4.57 Å². The molecule has 3 nitrogen and oxygen atoms in total. The second kappa shape index (κ2) is 5.54. The minimum atomic E-state index is -0.261. The van der Waals surface area contributed by atoms with Crippen molar-refractivity contribution in [3.8, 4) is 0 Å². The van der Waals surface area contributed by atoms with Gasteiger partial charge in [-0.05, 0) is 12.5 Å². The standard InChI is InChI=1S/C9H12N2O.ClH/c1-8-2-5-11(6-3-8)7-4-9(10)12;/h2-3,5-6H,4,7H2,1H3,(H-,10,12);1H/p+1. The topological polar surface area (TPSA) is 47.0 Å². The van der Waals surface area contributed by atoms with E-state index in [2.05, 4.69) is 0 Å². The smallest absolute Gasteiger partial charge is 0.223 e. The highest BCUT2D eigenvalue weighted by atomic mass is 35.5. The molecular formula is C9H14ClN2O+. The Bertz CT molecular complexity index is 271. The van der Waals surface area contributed by atoms with Crippen molar-refractivity contribution in [2.45, 2.75) is 19.9 Å². The summed E-state index contributed by atoms with van der Waals surface area (Å²) >= 11 is 0. The number of nitrogens with two attached hydrogens (primary N) is 1. The van der Waals surface area contributed by atoms with Crippen LogP contribution in [0.5, 0.6) is 0 Å². The maximum atomic E-state index is 10.4. The molecule has 0 aliphatic carbocycles. The number of pyridine rings is 1. The summed E-state index contributed by atoms with van der Waals surface area (Å²) in [5.41, 5.74) is 6.23. The lowest BCUT2D eigenvalue weighted by atomic mass is 10.3. The summed E-state index contributed by atoms with van der Waals surface area (Å²) in [5, 5.41) is 0. The zero-order valence-corrected chi connectivity index (χ0v) is 8.38. The van der Waals surface area contributed by atoms with Crippen LogP contribution >= 0.6 is 12.4 Å². The quantitative estimate of drug-likeness (QED) is 0.715. The molecule has 0 bridgehead atoms. The molecule has 1 rings (SSSR count). The lowest BCUT2D eigenvalue weighted by Crippen LogP contribution is -2.34. The van der Waals surface area contributed by atoms with E-state index in [1.54, 1.807) is 0 Å². The molecule has 4 heteroatoms. The van der Waals surface area contributed by atoms with Crippen LogP contribution in [0.3, 0.4) is 0 Å². The van der Waals surface area contributed by atoms with E-state index in [0.717, 1.165) is 0 Å². The number of hydrogen-bond acceptors (Lipinski definition) is 1. The second-order valence-electron chi connectivity index (χ2n) is 2.83. The molecule has 1 aromatic rings. The van der Waals surface area contributed by atoms with Gasteiger partial charge in [0.15, 0.2) is 18.9 Å². The molecular weight excluding hydrogens is 188 g/mol. The van der Waals surface area contributed by atoms with E-state index in [1.165, 1.54) is 5.56 Å². The molecule has 0 saturated heterocycles. The second-order valence-corrected chi connectivity index (χ2v) is 2.83. The van der Waals surface area contributed by atoms with Gasteiger partial charge in [0.1, 0.15) is 0 Å². The van der Waals surface area contributed by atoms with Gasteiger partial charge in [0.25, 0.3) is 0 Å². The van der Waals surface area contributed by atoms with Gasteiger partial charge in [-0.15, -0.1) is 12.4 Å². The van der Waals surface area contributed by atoms with Gasteiger partial charge in [-0.1, -0.05) is 0 Å². The summed E-state index contributed by atoms with van der Waals surface area (Å²) in [4.78, 5) is 10.4. The van der Waals surface area contributed by atoms with Crippen LogP contribution in [0.1, 0.15) is 12.0 Å². The van der Waals surface area contributed by atoms with Crippen molar-refractivity contribution < 1.29 is 9.36 Å². The van der Waals surface area contributed by atoms with Crippen LogP contribution in [-0.4, -0.2) is 5.91 Å². The Kier molecular flexibility index (Phi) is 5.07. The van der Waals surface area contributed by atoms with Crippen LogP contribution in [0.15, 0.2) is 24.5 Å². The Morgan fingerprint density at radius 2 is 2.00 bits per heavy atom. The number of nitrogens with zero attached hydrogens (tertiary/aromatic N) is 1. The van der Waals surface area contributed by atoms with E-state index in [1.807, 2.05) is 36.0 Å². The number of hydrogen-bond donors (Lipinski definition) is 1. The predicted octanol–water partition coefficient (Wildman–Crippen LogP) is 0.580. The number of carbonyl (C=O) groups is 1. The summed E-state index contributed by atoms with van der Waals surface area (Å²) < 4.78 is 1.94. The molecule has 0 atom stereocenters. The van der Waals surface area contributed by atoms with Crippen molar-refractivity contribution in [2.24, 2.45) is 5.73 Å². The number of aryl methyl sites for hydroxylation is 2. The highest BCUT2D eigenvalue weighted by Crippen LogP contribution is 1.89. The molecule has 0 radical (unpaired) electrons. The monoisotopic (exact) mass is 201 g/mol. The highest BCUT2D eigenvalue weighted by Gasteiger charge is 2.01. The number of primary amides is 1. The molecule has 1 amide bonds. The minimum Gasteiger partial charge on any atom is -0.369 e. The number of rotatable bonds is 3. The van der Waals surface area contributed by atoms with E-state index in [-0.39, 0.29) is 18.3 Å². The fourth-order valence-corrected chi connectivity index (χ4v) is 0.920. The fraction of sp³-hybridized carbons (Fsp3) is 0.333. The Hall–Kier alpha value is -1.09. The first-order chi connectivity index (χ1) is 5.68. The van der Waals surface area contributed by atoms with Crippen molar-refractivity contribution in [1.29, 1.82) is 0 Å². The Morgan fingerprint density at radius 3 is 2.46 bits per heavy atom. The Morgan fingerprint density at radius 1 is 1.46 bits per heavy atom. The van der Waals surface area contributed by atoms with Gasteiger partial charge in [-0.3, -0.25) is 4.79 Å². The number of carbonyl (C=O) groups excluding carboxylic acids is 1. The van der Waals surface area contributed by atoms with Crippen LogP contribution in [0.4, 0.5) is 0 Å². The predicted molar refractivity (Wildman–Crippen MR) is 52.4 cm³/mol. The van der Waals surface area contributed by atoms with Crippen molar-refractivity contribution >= 4 is 18.3 Å².